The van der Waals surface area contributed by atoms with Crippen molar-refractivity contribution in [1.82, 2.24) is 0 Å². The van der Waals surface area contributed by atoms with Crippen LogP contribution in [0.3, 0.4) is 0 Å². The molecule has 1 aliphatic carbocycles. The van der Waals surface area contributed by atoms with E-state index in [0.717, 1.165) is 19.1 Å². The molecule has 0 aromatic heterocycles. The minimum Gasteiger partial charge on any atom is -0.396 e. The van der Waals surface area contributed by atoms with Gasteiger partial charge in [0.25, 0.3) is 0 Å². The van der Waals surface area contributed by atoms with Gasteiger partial charge in [-0.2, -0.15) is 0 Å². The third-order valence-corrected chi connectivity index (χ3v) is 4.18. The molecule has 1 aliphatic rings. The van der Waals surface area contributed by atoms with Gasteiger partial charge in [-0.1, -0.05) is 70.1 Å². The summed E-state index contributed by atoms with van der Waals surface area (Å²) in [5.41, 5.74) is 1.22. The summed E-state index contributed by atoms with van der Waals surface area (Å²) in [6.07, 6.45) is 18.1. The van der Waals surface area contributed by atoms with Crippen LogP contribution in [0, 0.1) is 11.8 Å². The van der Waals surface area contributed by atoms with E-state index in [2.05, 4.69) is 13.0 Å². The number of rotatable bonds is 11. The van der Waals surface area contributed by atoms with Crippen molar-refractivity contribution in [3.05, 3.63) is 23.8 Å². The van der Waals surface area contributed by atoms with Crippen LogP contribution in [0.4, 0.5) is 0 Å². The summed E-state index contributed by atoms with van der Waals surface area (Å²) in [6, 6.07) is 0. The molecule has 0 radical (unpaired) electrons. The van der Waals surface area contributed by atoms with Crippen molar-refractivity contribution < 1.29 is 9.90 Å². The molecule has 2 atom stereocenters. The quantitative estimate of drug-likeness (QED) is 0.448. The van der Waals surface area contributed by atoms with Crippen LogP contribution in [0.5, 0.6) is 0 Å². The average molecular weight is 278 g/mol. The number of aldehydes is 1. The standard InChI is InChI=1S/C18H30O2/c1-2-3-4-5-6-7-8-9-18(15-20)17-12-10-16(14-19)11-13-17/h10,12-14,16,18,20H,2-9,11,15H2,1H3. The lowest BCUT2D eigenvalue weighted by Gasteiger charge is -2.19. The second kappa shape index (κ2) is 10.8. The maximum Gasteiger partial charge on any atom is 0.127 e. The summed E-state index contributed by atoms with van der Waals surface area (Å²) in [4.78, 5) is 10.7. The lowest BCUT2D eigenvalue weighted by atomic mass is 9.87. The van der Waals surface area contributed by atoms with Gasteiger partial charge in [0.2, 0.25) is 0 Å². The summed E-state index contributed by atoms with van der Waals surface area (Å²) in [5, 5.41) is 9.53. The van der Waals surface area contributed by atoms with E-state index in [1.54, 1.807) is 0 Å². The van der Waals surface area contributed by atoms with E-state index in [1.165, 1.54) is 50.5 Å². The van der Waals surface area contributed by atoms with E-state index < -0.39 is 0 Å². The molecule has 0 fully saturated rings. The highest BCUT2D eigenvalue weighted by molar-refractivity contribution is 5.58. The Kier molecular flexibility index (Phi) is 9.31. The van der Waals surface area contributed by atoms with Crippen molar-refractivity contribution in [2.75, 3.05) is 6.61 Å². The fraction of sp³-hybridized carbons (Fsp3) is 0.722. The minimum absolute atomic E-state index is 0.0386. The first-order chi connectivity index (χ1) is 9.81. The van der Waals surface area contributed by atoms with E-state index in [1.807, 2.05) is 12.2 Å². The van der Waals surface area contributed by atoms with Crippen LogP contribution in [0.2, 0.25) is 0 Å². The van der Waals surface area contributed by atoms with Crippen molar-refractivity contribution in [3.63, 3.8) is 0 Å². The number of carbonyl (C=O) groups is 1. The third kappa shape index (κ3) is 6.51. The Morgan fingerprint density at radius 1 is 1.25 bits per heavy atom. The Hall–Kier alpha value is -0.890. The summed E-state index contributed by atoms with van der Waals surface area (Å²) in [7, 11) is 0. The number of aliphatic hydroxyl groups excluding tert-OH is 1. The van der Waals surface area contributed by atoms with Crippen LogP contribution >= 0.6 is 0 Å². The number of allylic oxidation sites excluding steroid dienone is 3. The summed E-state index contributed by atoms with van der Waals surface area (Å²) < 4.78 is 0. The van der Waals surface area contributed by atoms with Crippen LogP contribution in [0.15, 0.2) is 23.8 Å². The van der Waals surface area contributed by atoms with Crippen LogP contribution in [0.25, 0.3) is 0 Å². The molecule has 2 heteroatoms. The minimum atomic E-state index is 0.0386. The summed E-state index contributed by atoms with van der Waals surface area (Å²) >= 11 is 0. The lowest BCUT2D eigenvalue weighted by Crippen LogP contribution is -2.12. The molecular formula is C18H30O2. The second-order valence-corrected chi connectivity index (χ2v) is 5.89. The monoisotopic (exact) mass is 278 g/mol. The zero-order chi connectivity index (χ0) is 14.6. The highest BCUT2D eigenvalue weighted by Gasteiger charge is 2.15. The Bertz CT molecular complexity index is 317. The van der Waals surface area contributed by atoms with Gasteiger partial charge >= 0.3 is 0 Å². The molecule has 0 aromatic carbocycles. The molecule has 2 nitrogen and oxygen atoms in total. The Morgan fingerprint density at radius 3 is 2.50 bits per heavy atom. The highest BCUT2D eigenvalue weighted by atomic mass is 16.3. The Labute approximate surface area is 124 Å². The number of aliphatic hydroxyl groups is 1. The first-order valence-electron chi connectivity index (χ1n) is 8.26. The summed E-state index contributed by atoms with van der Waals surface area (Å²) in [6.45, 7) is 2.46. The Morgan fingerprint density at radius 2 is 1.95 bits per heavy atom. The molecule has 0 aromatic rings. The van der Waals surface area contributed by atoms with Gasteiger partial charge in [0.15, 0.2) is 0 Å². The predicted molar refractivity (Wildman–Crippen MR) is 84.6 cm³/mol. The molecule has 20 heavy (non-hydrogen) atoms. The number of hydrogen-bond donors (Lipinski definition) is 1. The van der Waals surface area contributed by atoms with E-state index in [4.69, 9.17) is 0 Å². The number of unbranched alkanes of at least 4 members (excludes halogenated alkanes) is 6. The highest BCUT2D eigenvalue weighted by Crippen LogP contribution is 2.25. The van der Waals surface area contributed by atoms with Crippen molar-refractivity contribution in [3.8, 4) is 0 Å². The van der Waals surface area contributed by atoms with Crippen LogP contribution in [-0.4, -0.2) is 18.0 Å². The SMILES string of the molecule is CCCCCCCCCC(CO)C1=CCC(C=O)C=C1. The largest absolute Gasteiger partial charge is 0.396 e. The number of carbonyl (C=O) groups excluding carboxylic acids is 1. The van der Waals surface area contributed by atoms with Gasteiger partial charge in [-0.25, -0.2) is 0 Å². The predicted octanol–water partition coefficient (Wildman–Crippen LogP) is 4.44. The van der Waals surface area contributed by atoms with Crippen LogP contribution < -0.4 is 0 Å². The van der Waals surface area contributed by atoms with Gasteiger partial charge in [-0.3, -0.25) is 0 Å². The maximum atomic E-state index is 10.7. The fourth-order valence-electron chi connectivity index (χ4n) is 2.77. The second-order valence-electron chi connectivity index (χ2n) is 5.89. The molecular weight excluding hydrogens is 248 g/mol. The lowest BCUT2D eigenvalue weighted by molar-refractivity contribution is -0.109. The molecule has 1 rings (SSSR count). The molecule has 0 spiro atoms. The van der Waals surface area contributed by atoms with E-state index >= 15 is 0 Å². The van der Waals surface area contributed by atoms with Gasteiger partial charge in [0, 0.05) is 18.4 Å². The van der Waals surface area contributed by atoms with Gasteiger partial charge in [0.1, 0.15) is 6.29 Å². The van der Waals surface area contributed by atoms with Gasteiger partial charge in [0.05, 0.1) is 0 Å². The van der Waals surface area contributed by atoms with E-state index in [9.17, 15) is 9.90 Å². The fourth-order valence-corrected chi connectivity index (χ4v) is 2.77. The molecule has 0 amide bonds. The maximum absolute atomic E-state index is 10.7. The molecule has 0 heterocycles. The topological polar surface area (TPSA) is 37.3 Å². The molecule has 0 saturated heterocycles. The first-order valence-corrected chi connectivity index (χ1v) is 8.26. The van der Waals surface area contributed by atoms with E-state index in [-0.39, 0.29) is 18.4 Å². The molecule has 1 N–H and O–H groups in total. The molecule has 2 unspecified atom stereocenters. The molecule has 0 aliphatic heterocycles. The Balaban J connectivity index is 2.18. The van der Waals surface area contributed by atoms with E-state index in [0.29, 0.717) is 0 Å². The van der Waals surface area contributed by atoms with Crippen molar-refractivity contribution in [2.24, 2.45) is 11.8 Å². The van der Waals surface area contributed by atoms with Crippen LogP contribution in [-0.2, 0) is 4.79 Å². The third-order valence-electron chi connectivity index (χ3n) is 4.18. The summed E-state index contributed by atoms with van der Waals surface area (Å²) in [5.74, 6) is 0.297. The normalized spacial score (nSPS) is 19.7. The number of hydrogen-bond acceptors (Lipinski definition) is 2. The molecule has 114 valence electrons. The molecule has 0 bridgehead atoms. The van der Waals surface area contributed by atoms with Crippen molar-refractivity contribution in [1.29, 1.82) is 0 Å². The van der Waals surface area contributed by atoms with Gasteiger partial charge < -0.3 is 9.90 Å². The van der Waals surface area contributed by atoms with Crippen molar-refractivity contribution >= 4 is 6.29 Å². The smallest absolute Gasteiger partial charge is 0.127 e. The van der Waals surface area contributed by atoms with Gasteiger partial charge in [-0.15, -0.1) is 0 Å². The van der Waals surface area contributed by atoms with Crippen molar-refractivity contribution in [2.45, 2.75) is 64.7 Å². The van der Waals surface area contributed by atoms with Crippen LogP contribution in [0.1, 0.15) is 64.7 Å². The zero-order valence-corrected chi connectivity index (χ0v) is 12.9. The zero-order valence-electron chi connectivity index (χ0n) is 12.9. The van der Waals surface area contributed by atoms with Gasteiger partial charge in [-0.05, 0) is 18.4 Å². The molecule has 0 saturated carbocycles. The first kappa shape index (κ1) is 17.2. The average Bonchev–Trinajstić information content (AvgIpc) is 2.50.